The van der Waals surface area contributed by atoms with E-state index >= 15 is 0 Å². The molecule has 0 saturated heterocycles. The second-order valence-corrected chi connectivity index (χ2v) is 6.67. The summed E-state index contributed by atoms with van der Waals surface area (Å²) in [7, 11) is 0.139. The molecule has 7 nitrogen and oxygen atoms in total. The van der Waals surface area contributed by atoms with Gasteiger partial charge < -0.3 is 14.2 Å². The lowest BCUT2D eigenvalue weighted by Crippen LogP contribution is -2.14. The molecule has 0 saturated carbocycles. The first-order valence-electron chi connectivity index (χ1n) is 7.50. The molecule has 0 radical (unpaired) electrons. The number of carbonyl (C=O) groups excluding carboxylic acids is 1. The van der Waals surface area contributed by atoms with Crippen LogP contribution in [-0.2, 0) is 14.8 Å². The fourth-order valence-corrected chi connectivity index (χ4v) is 3.04. The highest BCUT2D eigenvalue weighted by Gasteiger charge is 2.20. The standard InChI is InChI=1S/C18H19NO6S/c1-23-16-11-14(18(20)25-3)15(12-17(16)24-2)19-26(21,22)10-9-13-7-5-4-6-8-13/h4-12,19H,1-3H3/b10-9+. The molecule has 0 aliphatic rings. The van der Waals surface area contributed by atoms with Crippen LogP contribution in [0.5, 0.6) is 11.5 Å². The maximum atomic E-state index is 12.4. The summed E-state index contributed by atoms with van der Waals surface area (Å²) in [6, 6.07) is 11.7. The third kappa shape index (κ3) is 4.76. The average molecular weight is 377 g/mol. The van der Waals surface area contributed by atoms with E-state index < -0.39 is 16.0 Å². The lowest BCUT2D eigenvalue weighted by Gasteiger charge is -2.14. The smallest absolute Gasteiger partial charge is 0.340 e. The van der Waals surface area contributed by atoms with Crippen LogP contribution in [-0.4, -0.2) is 35.7 Å². The second-order valence-electron chi connectivity index (χ2n) is 5.10. The predicted octanol–water partition coefficient (Wildman–Crippen LogP) is 2.90. The van der Waals surface area contributed by atoms with Crippen LogP contribution in [0, 0.1) is 0 Å². The molecule has 0 aliphatic carbocycles. The summed E-state index contributed by atoms with van der Waals surface area (Å²) in [6.07, 6.45) is 1.45. The summed E-state index contributed by atoms with van der Waals surface area (Å²) in [5, 5.41) is 1.01. The van der Waals surface area contributed by atoms with Crippen molar-refractivity contribution >= 4 is 27.8 Å². The van der Waals surface area contributed by atoms with E-state index in [-0.39, 0.29) is 22.7 Å². The number of hydrogen-bond donors (Lipinski definition) is 1. The van der Waals surface area contributed by atoms with E-state index in [1.165, 1.54) is 39.5 Å². The third-order valence-electron chi connectivity index (χ3n) is 3.42. The van der Waals surface area contributed by atoms with Gasteiger partial charge in [0.05, 0.1) is 38.0 Å². The highest BCUT2D eigenvalue weighted by Crippen LogP contribution is 2.34. The predicted molar refractivity (Wildman–Crippen MR) is 98.9 cm³/mol. The Kier molecular flexibility index (Phi) is 6.24. The largest absolute Gasteiger partial charge is 0.493 e. The highest BCUT2D eigenvalue weighted by atomic mass is 32.2. The van der Waals surface area contributed by atoms with Gasteiger partial charge in [0.15, 0.2) is 11.5 Å². The fraction of sp³-hybridized carbons (Fsp3) is 0.167. The van der Waals surface area contributed by atoms with E-state index in [1.54, 1.807) is 24.3 Å². The van der Waals surface area contributed by atoms with E-state index in [9.17, 15) is 13.2 Å². The van der Waals surface area contributed by atoms with Crippen LogP contribution in [0.15, 0.2) is 47.9 Å². The van der Waals surface area contributed by atoms with E-state index in [2.05, 4.69) is 4.72 Å². The van der Waals surface area contributed by atoms with Crippen LogP contribution in [0.1, 0.15) is 15.9 Å². The van der Waals surface area contributed by atoms with Crippen LogP contribution in [0.3, 0.4) is 0 Å². The zero-order valence-electron chi connectivity index (χ0n) is 14.6. The van der Waals surface area contributed by atoms with Crippen molar-refractivity contribution in [1.29, 1.82) is 0 Å². The summed E-state index contributed by atoms with van der Waals surface area (Å²) < 4.78 is 42.1. The summed E-state index contributed by atoms with van der Waals surface area (Å²) in [5.74, 6) is -0.170. The Morgan fingerprint density at radius 3 is 2.19 bits per heavy atom. The lowest BCUT2D eigenvalue weighted by atomic mass is 10.1. The minimum Gasteiger partial charge on any atom is -0.493 e. The van der Waals surface area contributed by atoms with Crippen LogP contribution >= 0.6 is 0 Å². The van der Waals surface area contributed by atoms with Gasteiger partial charge in [0, 0.05) is 12.1 Å². The fourth-order valence-electron chi connectivity index (χ4n) is 2.16. The van der Waals surface area contributed by atoms with Gasteiger partial charge in [-0.15, -0.1) is 0 Å². The summed E-state index contributed by atoms with van der Waals surface area (Å²) in [6.45, 7) is 0. The molecule has 0 unspecified atom stereocenters. The van der Waals surface area contributed by atoms with Crippen LogP contribution in [0.25, 0.3) is 6.08 Å². The Bertz CT molecular complexity index is 907. The first-order chi connectivity index (χ1) is 12.4. The van der Waals surface area contributed by atoms with Crippen molar-refractivity contribution in [3.8, 4) is 11.5 Å². The number of ether oxygens (including phenoxy) is 3. The molecule has 0 aromatic heterocycles. The maximum Gasteiger partial charge on any atom is 0.340 e. The Morgan fingerprint density at radius 2 is 1.62 bits per heavy atom. The minimum atomic E-state index is -3.88. The summed E-state index contributed by atoms with van der Waals surface area (Å²) >= 11 is 0. The molecule has 0 spiro atoms. The van der Waals surface area contributed by atoms with Gasteiger partial charge in [0.2, 0.25) is 0 Å². The molecular formula is C18H19NO6S. The molecule has 8 heteroatoms. The molecule has 0 amide bonds. The van der Waals surface area contributed by atoms with E-state index in [4.69, 9.17) is 14.2 Å². The van der Waals surface area contributed by atoms with Gasteiger partial charge in [0.25, 0.3) is 10.0 Å². The topological polar surface area (TPSA) is 90.9 Å². The molecule has 2 aromatic rings. The summed E-state index contributed by atoms with van der Waals surface area (Å²) in [5.41, 5.74) is 0.743. The van der Waals surface area contributed by atoms with Gasteiger partial charge in [-0.25, -0.2) is 13.2 Å². The molecule has 0 atom stereocenters. The Morgan fingerprint density at radius 1 is 1.00 bits per heavy atom. The van der Waals surface area contributed by atoms with Gasteiger partial charge in [0.1, 0.15) is 0 Å². The molecule has 138 valence electrons. The molecule has 0 heterocycles. The van der Waals surface area contributed by atoms with E-state index in [1.807, 2.05) is 6.07 Å². The first kappa shape index (κ1) is 19.3. The molecule has 2 aromatic carbocycles. The lowest BCUT2D eigenvalue weighted by molar-refractivity contribution is 0.0601. The van der Waals surface area contributed by atoms with Crippen molar-refractivity contribution in [3.05, 3.63) is 59.0 Å². The quantitative estimate of drug-likeness (QED) is 0.746. The molecule has 26 heavy (non-hydrogen) atoms. The van der Waals surface area contributed by atoms with Crippen molar-refractivity contribution in [2.24, 2.45) is 0 Å². The van der Waals surface area contributed by atoms with Crippen molar-refractivity contribution in [3.63, 3.8) is 0 Å². The molecule has 0 bridgehead atoms. The van der Waals surface area contributed by atoms with Crippen molar-refractivity contribution < 1.29 is 27.4 Å². The number of benzene rings is 2. The summed E-state index contributed by atoms with van der Waals surface area (Å²) in [4.78, 5) is 12.0. The highest BCUT2D eigenvalue weighted by molar-refractivity contribution is 7.95. The van der Waals surface area contributed by atoms with Gasteiger partial charge in [-0.05, 0) is 11.6 Å². The van der Waals surface area contributed by atoms with E-state index in [0.717, 1.165) is 11.0 Å². The van der Waals surface area contributed by atoms with Crippen LogP contribution < -0.4 is 14.2 Å². The van der Waals surface area contributed by atoms with Gasteiger partial charge in [-0.3, -0.25) is 4.72 Å². The number of anilines is 1. The zero-order valence-corrected chi connectivity index (χ0v) is 15.4. The average Bonchev–Trinajstić information content (AvgIpc) is 2.66. The number of carbonyl (C=O) groups is 1. The SMILES string of the molecule is COC(=O)c1cc(OC)c(OC)cc1NS(=O)(=O)/C=C/c1ccccc1. The number of sulfonamides is 1. The normalized spacial score (nSPS) is 11.2. The molecule has 2 rings (SSSR count). The monoisotopic (exact) mass is 377 g/mol. The van der Waals surface area contributed by atoms with Crippen molar-refractivity contribution in [1.82, 2.24) is 0 Å². The van der Waals surface area contributed by atoms with Gasteiger partial charge in [-0.1, -0.05) is 30.3 Å². The first-order valence-corrected chi connectivity index (χ1v) is 9.05. The number of methoxy groups -OCH3 is 3. The second kappa shape index (κ2) is 8.39. The van der Waals surface area contributed by atoms with Crippen LogP contribution in [0.2, 0.25) is 0 Å². The Balaban J connectivity index is 2.40. The van der Waals surface area contributed by atoms with Crippen LogP contribution in [0.4, 0.5) is 5.69 Å². The number of nitrogens with one attached hydrogen (secondary N) is 1. The molecule has 0 aliphatic heterocycles. The molecular weight excluding hydrogens is 358 g/mol. The van der Waals surface area contributed by atoms with Gasteiger partial charge >= 0.3 is 5.97 Å². The zero-order chi connectivity index (χ0) is 19.2. The number of hydrogen-bond acceptors (Lipinski definition) is 6. The minimum absolute atomic E-state index is 0.00170. The Hall–Kier alpha value is -3.00. The molecule has 0 fully saturated rings. The number of esters is 1. The third-order valence-corrected chi connectivity index (χ3v) is 4.42. The number of rotatable bonds is 7. The van der Waals surface area contributed by atoms with Crippen molar-refractivity contribution in [2.45, 2.75) is 0 Å². The van der Waals surface area contributed by atoms with E-state index in [0.29, 0.717) is 0 Å². The van der Waals surface area contributed by atoms with Crippen molar-refractivity contribution in [2.75, 3.05) is 26.1 Å². The molecule has 1 N–H and O–H groups in total. The Labute approximate surface area is 152 Å². The van der Waals surface area contributed by atoms with Gasteiger partial charge in [-0.2, -0.15) is 0 Å². The maximum absolute atomic E-state index is 12.4.